The zero-order chi connectivity index (χ0) is 15.5. The Kier molecular flexibility index (Phi) is 4.26. The van der Waals surface area contributed by atoms with Crippen LogP contribution in [0.15, 0.2) is 42.5 Å². The van der Waals surface area contributed by atoms with Crippen molar-refractivity contribution in [2.45, 2.75) is 26.4 Å². The van der Waals surface area contributed by atoms with Crippen molar-refractivity contribution in [3.05, 3.63) is 42.5 Å². The van der Waals surface area contributed by atoms with E-state index in [2.05, 4.69) is 0 Å². The lowest BCUT2D eigenvalue weighted by molar-refractivity contribution is 0.0585. The Morgan fingerprint density at radius 3 is 2.43 bits per heavy atom. The van der Waals surface area contributed by atoms with Crippen molar-refractivity contribution >= 4 is 28.8 Å². The molecule has 0 aliphatic carbocycles. The van der Waals surface area contributed by atoms with Crippen LogP contribution in [0.4, 0.5) is 10.5 Å². The van der Waals surface area contributed by atoms with E-state index in [4.69, 9.17) is 4.74 Å². The average Bonchev–Trinajstić information content (AvgIpc) is 2.42. The van der Waals surface area contributed by atoms with E-state index in [0.717, 1.165) is 10.8 Å². The third kappa shape index (κ3) is 3.81. The normalized spacial score (nSPS) is 11.2. The van der Waals surface area contributed by atoms with Crippen molar-refractivity contribution in [1.82, 2.24) is 0 Å². The number of ether oxygens (including phenoxy) is 1. The predicted molar refractivity (Wildman–Crippen MR) is 83.2 cm³/mol. The Morgan fingerprint density at radius 1 is 1.14 bits per heavy atom. The molecule has 0 saturated carbocycles. The molecule has 21 heavy (non-hydrogen) atoms. The van der Waals surface area contributed by atoms with E-state index in [9.17, 15) is 9.59 Å². The second kappa shape index (κ2) is 5.95. The summed E-state index contributed by atoms with van der Waals surface area (Å²) in [6.45, 7) is 5.20. The number of benzene rings is 2. The maximum absolute atomic E-state index is 12.2. The van der Waals surface area contributed by atoms with Gasteiger partial charge in [-0.3, -0.25) is 9.69 Å². The molecule has 0 unspecified atom stereocenters. The van der Waals surface area contributed by atoms with Crippen LogP contribution in [0, 0.1) is 0 Å². The molecule has 2 aromatic rings. The highest BCUT2D eigenvalue weighted by Gasteiger charge is 2.23. The molecule has 4 heteroatoms. The number of carbonyl (C=O) groups excluding carboxylic acids is 2. The Balaban J connectivity index is 2.35. The minimum atomic E-state index is -0.616. The van der Waals surface area contributed by atoms with E-state index in [1.165, 1.54) is 4.90 Å². The lowest BCUT2D eigenvalue weighted by Crippen LogP contribution is -2.38. The highest BCUT2D eigenvalue weighted by Crippen LogP contribution is 2.23. The third-order valence-corrected chi connectivity index (χ3v) is 2.88. The fraction of sp³-hybridized carbons (Fsp3) is 0.294. The maximum atomic E-state index is 12.2. The second-order valence-electron chi connectivity index (χ2n) is 5.74. The molecule has 2 aromatic carbocycles. The van der Waals surface area contributed by atoms with Gasteiger partial charge in [0.2, 0.25) is 6.29 Å². The van der Waals surface area contributed by atoms with Gasteiger partial charge in [0.05, 0.1) is 6.54 Å². The Labute approximate surface area is 124 Å². The topological polar surface area (TPSA) is 46.6 Å². The summed E-state index contributed by atoms with van der Waals surface area (Å²) in [5, 5.41) is 2.06. The summed E-state index contributed by atoms with van der Waals surface area (Å²) in [4.78, 5) is 24.2. The first-order valence-electron chi connectivity index (χ1n) is 6.75. The van der Waals surface area contributed by atoms with Gasteiger partial charge < -0.3 is 4.74 Å². The van der Waals surface area contributed by atoms with Crippen LogP contribution in [0.5, 0.6) is 0 Å². The molecule has 109 valence electrons. The van der Waals surface area contributed by atoms with Gasteiger partial charge in [0, 0.05) is 5.69 Å². The number of amides is 1. The molecule has 0 spiro atoms. The monoisotopic (exact) mass is 284 g/mol. The summed E-state index contributed by atoms with van der Waals surface area (Å²) >= 11 is 0. The van der Waals surface area contributed by atoms with Gasteiger partial charge in [-0.05, 0) is 43.7 Å². The van der Waals surface area contributed by atoms with Gasteiger partial charge in [0.25, 0.3) is 0 Å². The van der Waals surface area contributed by atoms with Gasteiger partial charge in [0.1, 0.15) is 5.60 Å². The summed E-state index contributed by atoms with van der Waals surface area (Å²) in [6, 6.07) is 13.4. The first-order valence-corrected chi connectivity index (χ1v) is 6.75. The van der Waals surface area contributed by atoms with Gasteiger partial charge in [-0.1, -0.05) is 30.3 Å². The Morgan fingerprint density at radius 2 is 1.81 bits per heavy atom. The van der Waals surface area contributed by atoms with Crippen LogP contribution < -0.4 is 4.90 Å². The molecule has 0 aliphatic rings. The van der Waals surface area contributed by atoms with Gasteiger partial charge in [-0.25, -0.2) is 4.79 Å². The SMILES string of the molecule is CC(C)(C)OC(=O)N(C[C]=O)c1ccc2ccccc2c1. The molecule has 0 atom stereocenters. The highest BCUT2D eigenvalue weighted by atomic mass is 16.6. The largest absolute Gasteiger partial charge is 0.443 e. The van der Waals surface area contributed by atoms with Crippen molar-refractivity contribution in [1.29, 1.82) is 0 Å². The van der Waals surface area contributed by atoms with Crippen LogP contribution >= 0.6 is 0 Å². The van der Waals surface area contributed by atoms with Crippen LogP contribution in [0.2, 0.25) is 0 Å². The van der Waals surface area contributed by atoms with Crippen molar-refractivity contribution in [3.8, 4) is 0 Å². The standard InChI is InChI=1S/C17H18NO3/c1-17(2,3)21-16(20)18(10-11-19)15-9-8-13-6-4-5-7-14(13)12-15/h4-9,12H,10H2,1-3H3. The molecule has 0 bridgehead atoms. The number of rotatable bonds is 3. The van der Waals surface area contributed by atoms with Gasteiger partial charge >= 0.3 is 6.09 Å². The molecule has 1 amide bonds. The zero-order valence-corrected chi connectivity index (χ0v) is 12.4. The summed E-state index contributed by atoms with van der Waals surface area (Å²) in [5.41, 5.74) is 0.000938. The number of nitrogens with zero attached hydrogens (tertiary/aromatic N) is 1. The number of fused-ring (bicyclic) bond motifs is 1. The van der Waals surface area contributed by atoms with E-state index in [0.29, 0.717) is 5.69 Å². The molecule has 0 heterocycles. The van der Waals surface area contributed by atoms with Gasteiger partial charge in [-0.2, -0.15) is 0 Å². The van der Waals surface area contributed by atoms with E-state index in [-0.39, 0.29) is 6.54 Å². The van der Waals surface area contributed by atoms with Crippen molar-refractivity contribution in [2.24, 2.45) is 0 Å². The van der Waals surface area contributed by atoms with E-state index < -0.39 is 11.7 Å². The number of hydrogen-bond donors (Lipinski definition) is 0. The van der Waals surface area contributed by atoms with Crippen LogP contribution in [0.3, 0.4) is 0 Å². The summed E-state index contributed by atoms with van der Waals surface area (Å²) in [7, 11) is 0. The van der Waals surface area contributed by atoms with Crippen molar-refractivity contribution in [3.63, 3.8) is 0 Å². The van der Waals surface area contributed by atoms with Crippen LogP contribution in [0.25, 0.3) is 10.8 Å². The molecule has 2 rings (SSSR count). The Bertz CT molecular complexity index is 658. The van der Waals surface area contributed by atoms with Crippen molar-refractivity contribution < 1.29 is 14.3 Å². The minimum Gasteiger partial charge on any atom is -0.443 e. The lowest BCUT2D eigenvalue weighted by Gasteiger charge is -2.26. The molecule has 0 saturated heterocycles. The lowest BCUT2D eigenvalue weighted by atomic mass is 10.1. The van der Waals surface area contributed by atoms with Crippen LogP contribution in [-0.2, 0) is 9.53 Å². The Hall–Kier alpha value is -2.36. The molecule has 0 fully saturated rings. The average molecular weight is 284 g/mol. The summed E-state index contributed by atoms with van der Waals surface area (Å²) in [5.74, 6) is 0. The molecular weight excluding hydrogens is 266 g/mol. The van der Waals surface area contributed by atoms with Gasteiger partial charge in [0.15, 0.2) is 0 Å². The molecule has 0 aliphatic heterocycles. The van der Waals surface area contributed by atoms with E-state index >= 15 is 0 Å². The zero-order valence-electron chi connectivity index (χ0n) is 12.4. The first kappa shape index (κ1) is 15.0. The second-order valence-corrected chi connectivity index (χ2v) is 5.74. The smallest absolute Gasteiger partial charge is 0.415 e. The van der Waals surface area contributed by atoms with E-state index in [1.54, 1.807) is 33.1 Å². The molecule has 4 nitrogen and oxygen atoms in total. The molecular formula is C17H18NO3. The fourth-order valence-corrected chi connectivity index (χ4v) is 1.99. The van der Waals surface area contributed by atoms with E-state index in [1.807, 2.05) is 36.4 Å². The van der Waals surface area contributed by atoms with Gasteiger partial charge in [-0.15, -0.1) is 0 Å². The van der Waals surface area contributed by atoms with Crippen LogP contribution in [0.1, 0.15) is 20.8 Å². The number of anilines is 1. The predicted octanol–water partition coefficient (Wildman–Crippen LogP) is 3.69. The number of carbonyl (C=O) groups is 1. The summed E-state index contributed by atoms with van der Waals surface area (Å²) in [6.07, 6.45) is 1.20. The van der Waals surface area contributed by atoms with Crippen molar-refractivity contribution in [2.75, 3.05) is 11.4 Å². The highest BCUT2D eigenvalue weighted by molar-refractivity contribution is 5.95. The molecule has 1 radical (unpaired) electrons. The minimum absolute atomic E-state index is 0.159. The maximum Gasteiger partial charge on any atom is 0.415 e. The number of hydrogen-bond acceptors (Lipinski definition) is 3. The quantitative estimate of drug-likeness (QED) is 0.863. The molecule has 0 N–H and O–H groups in total. The summed E-state index contributed by atoms with van der Waals surface area (Å²) < 4.78 is 5.33. The van der Waals surface area contributed by atoms with Crippen LogP contribution in [-0.4, -0.2) is 24.5 Å². The first-order chi connectivity index (χ1) is 9.90. The fourth-order valence-electron chi connectivity index (χ4n) is 1.99. The molecule has 0 aromatic heterocycles. The third-order valence-electron chi connectivity index (χ3n) is 2.88.